The van der Waals surface area contributed by atoms with Crippen LogP contribution >= 0.6 is 11.6 Å². The second kappa shape index (κ2) is 4.84. The zero-order valence-corrected chi connectivity index (χ0v) is 13.4. The van der Waals surface area contributed by atoms with Gasteiger partial charge in [0.05, 0.1) is 5.02 Å². The number of hydrogen-bond donors (Lipinski definition) is 0. The van der Waals surface area contributed by atoms with E-state index in [0.29, 0.717) is 0 Å². The standard InChI is InChI=1S/C22H15Cl/c23-22-19-12-11-14-5-1-3-7-17(14)20(19)13-16-10-9-15-6-2-4-8-18(15)21(16)22/h1-10,13H,11-12H2. The third kappa shape index (κ3) is 1.85. The first-order valence-electron chi connectivity index (χ1n) is 8.04. The molecule has 0 N–H and O–H groups in total. The molecule has 0 heterocycles. The fraction of sp³-hybridized carbons (Fsp3) is 0.0909. The molecule has 0 fully saturated rings. The van der Waals surface area contributed by atoms with Crippen molar-refractivity contribution >= 4 is 33.1 Å². The van der Waals surface area contributed by atoms with E-state index in [1.54, 1.807) is 0 Å². The Labute approximate surface area is 140 Å². The highest BCUT2D eigenvalue weighted by molar-refractivity contribution is 6.39. The van der Waals surface area contributed by atoms with Gasteiger partial charge in [-0.3, -0.25) is 0 Å². The number of rotatable bonds is 0. The van der Waals surface area contributed by atoms with Crippen molar-refractivity contribution < 1.29 is 0 Å². The summed E-state index contributed by atoms with van der Waals surface area (Å²) in [5, 5.41) is 5.85. The van der Waals surface area contributed by atoms with Gasteiger partial charge in [-0.2, -0.15) is 0 Å². The molecule has 0 nitrogen and oxygen atoms in total. The van der Waals surface area contributed by atoms with Crippen molar-refractivity contribution in [2.45, 2.75) is 12.8 Å². The Balaban J connectivity index is 1.94. The van der Waals surface area contributed by atoms with Crippen LogP contribution in [0.1, 0.15) is 11.1 Å². The van der Waals surface area contributed by atoms with Crippen molar-refractivity contribution in [2.24, 2.45) is 0 Å². The van der Waals surface area contributed by atoms with Crippen LogP contribution in [0.4, 0.5) is 0 Å². The summed E-state index contributed by atoms with van der Waals surface area (Å²) in [4.78, 5) is 0. The number of hydrogen-bond acceptors (Lipinski definition) is 0. The molecule has 0 aromatic heterocycles. The van der Waals surface area contributed by atoms with Crippen molar-refractivity contribution in [3.8, 4) is 11.1 Å². The van der Waals surface area contributed by atoms with Crippen molar-refractivity contribution in [1.29, 1.82) is 0 Å². The van der Waals surface area contributed by atoms with Crippen LogP contribution in [0.15, 0.2) is 66.7 Å². The van der Waals surface area contributed by atoms with Crippen molar-refractivity contribution in [3.05, 3.63) is 82.9 Å². The lowest BCUT2D eigenvalue weighted by molar-refractivity contribution is 0.944. The Morgan fingerprint density at radius 2 is 1.48 bits per heavy atom. The molecule has 4 aromatic carbocycles. The maximum Gasteiger partial charge on any atom is 0.0528 e. The SMILES string of the molecule is Clc1c2c(cc3ccc4ccccc4c13)-c1ccccc1CC2. The maximum absolute atomic E-state index is 6.91. The average molecular weight is 315 g/mol. The molecular formula is C22H15Cl. The molecule has 0 spiro atoms. The monoisotopic (exact) mass is 314 g/mol. The number of fused-ring (bicyclic) bond motifs is 6. The first kappa shape index (κ1) is 13.2. The summed E-state index contributed by atoms with van der Waals surface area (Å²) in [6, 6.07) is 23.9. The molecule has 1 heteroatoms. The highest BCUT2D eigenvalue weighted by Gasteiger charge is 2.20. The lowest BCUT2D eigenvalue weighted by Gasteiger charge is -2.22. The number of aryl methyl sites for hydroxylation is 1. The first-order chi connectivity index (χ1) is 11.3. The third-order valence-corrected chi connectivity index (χ3v) is 5.44. The van der Waals surface area contributed by atoms with Crippen LogP contribution in [0.5, 0.6) is 0 Å². The van der Waals surface area contributed by atoms with Crippen LogP contribution in [-0.2, 0) is 12.8 Å². The minimum atomic E-state index is 0.934. The van der Waals surface area contributed by atoms with Gasteiger partial charge in [-0.05, 0) is 57.3 Å². The van der Waals surface area contributed by atoms with Crippen LogP contribution in [0.2, 0.25) is 5.02 Å². The van der Waals surface area contributed by atoms with Gasteiger partial charge in [-0.25, -0.2) is 0 Å². The average Bonchev–Trinajstić information content (AvgIpc) is 2.61. The van der Waals surface area contributed by atoms with Gasteiger partial charge in [0, 0.05) is 5.39 Å². The number of benzene rings is 4. The molecule has 0 saturated carbocycles. The van der Waals surface area contributed by atoms with Gasteiger partial charge in [0.1, 0.15) is 0 Å². The first-order valence-corrected chi connectivity index (χ1v) is 8.42. The second-order valence-electron chi connectivity index (χ2n) is 6.26. The van der Waals surface area contributed by atoms with Crippen LogP contribution in [0.3, 0.4) is 0 Å². The van der Waals surface area contributed by atoms with Crippen LogP contribution < -0.4 is 0 Å². The molecule has 0 aliphatic heterocycles. The van der Waals surface area contributed by atoms with Crippen molar-refractivity contribution in [3.63, 3.8) is 0 Å². The highest BCUT2D eigenvalue weighted by Crippen LogP contribution is 2.43. The summed E-state index contributed by atoms with van der Waals surface area (Å²) in [5.74, 6) is 0. The summed E-state index contributed by atoms with van der Waals surface area (Å²) in [6.45, 7) is 0. The lowest BCUT2D eigenvalue weighted by atomic mass is 9.83. The van der Waals surface area contributed by atoms with E-state index in [1.807, 2.05) is 0 Å². The Morgan fingerprint density at radius 3 is 2.43 bits per heavy atom. The smallest absolute Gasteiger partial charge is 0.0528 e. The fourth-order valence-electron chi connectivity index (χ4n) is 3.91. The normalized spacial score (nSPS) is 13.1. The van der Waals surface area contributed by atoms with E-state index >= 15 is 0 Å². The highest BCUT2D eigenvalue weighted by atomic mass is 35.5. The van der Waals surface area contributed by atoms with Crippen molar-refractivity contribution in [2.75, 3.05) is 0 Å². The zero-order chi connectivity index (χ0) is 15.4. The molecule has 0 unspecified atom stereocenters. The van der Waals surface area contributed by atoms with E-state index in [2.05, 4.69) is 66.7 Å². The fourth-order valence-corrected chi connectivity index (χ4v) is 4.32. The molecule has 0 atom stereocenters. The van der Waals surface area contributed by atoms with Crippen LogP contribution in [0.25, 0.3) is 32.7 Å². The summed E-state index contributed by atoms with van der Waals surface area (Å²) >= 11 is 6.91. The molecule has 0 amide bonds. The number of halogens is 1. The molecular weight excluding hydrogens is 300 g/mol. The van der Waals surface area contributed by atoms with Gasteiger partial charge in [0.15, 0.2) is 0 Å². The van der Waals surface area contributed by atoms with E-state index in [4.69, 9.17) is 11.6 Å². The largest absolute Gasteiger partial charge is 0.0833 e. The second-order valence-corrected chi connectivity index (χ2v) is 6.64. The van der Waals surface area contributed by atoms with Gasteiger partial charge < -0.3 is 0 Å². The molecule has 0 saturated heterocycles. The van der Waals surface area contributed by atoms with Gasteiger partial charge in [0.2, 0.25) is 0 Å². The van der Waals surface area contributed by atoms with E-state index < -0.39 is 0 Å². The van der Waals surface area contributed by atoms with E-state index in [0.717, 1.165) is 17.9 Å². The minimum absolute atomic E-state index is 0.934. The predicted molar refractivity (Wildman–Crippen MR) is 99.3 cm³/mol. The Kier molecular flexibility index (Phi) is 2.77. The van der Waals surface area contributed by atoms with Crippen molar-refractivity contribution in [1.82, 2.24) is 0 Å². The molecule has 0 bridgehead atoms. The van der Waals surface area contributed by atoms with Gasteiger partial charge in [0.25, 0.3) is 0 Å². The minimum Gasteiger partial charge on any atom is -0.0833 e. The van der Waals surface area contributed by atoms with Crippen LogP contribution in [-0.4, -0.2) is 0 Å². The molecule has 5 rings (SSSR count). The van der Waals surface area contributed by atoms with E-state index in [9.17, 15) is 0 Å². The topological polar surface area (TPSA) is 0 Å². The molecule has 110 valence electrons. The van der Waals surface area contributed by atoms with Gasteiger partial charge in [-0.15, -0.1) is 0 Å². The third-order valence-electron chi connectivity index (χ3n) is 5.02. The quantitative estimate of drug-likeness (QED) is 0.329. The predicted octanol–water partition coefficient (Wildman–Crippen LogP) is 6.41. The van der Waals surface area contributed by atoms with Gasteiger partial charge >= 0.3 is 0 Å². The zero-order valence-electron chi connectivity index (χ0n) is 12.6. The van der Waals surface area contributed by atoms with Crippen LogP contribution in [0, 0.1) is 0 Å². The maximum atomic E-state index is 6.91. The Morgan fingerprint density at radius 1 is 0.696 bits per heavy atom. The summed E-state index contributed by atoms with van der Waals surface area (Å²) in [6.07, 6.45) is 2.09. The summed E-state index contributed by atoms with van der Waals surface area (Å²) in [5.41, 5.74) is 5.37. The molecule has 4 aromatic rings. The Hall–Kier alpha value is -2.31. The van der Waals surface area contributed by atoms with Gasteiger partial charge in [-0.1, -0.05) is 72.3 Å². The lowest BCUT2D eigenvalue weighted by Crippen LogP contribution is -2.04. The molecule has 23 heavy (non-hydrogen) atoms. The molecule has 1 aliphatic rings. The van der Waals surface area contributed by atoms with E-state index in [-0.39, 0.29) is 0 Å². The molecule has 0 radical (unpaired) electrons. The Bertz CT molecular complexity index is 1080. The molecule has 1 aliphatic carbocycles. The van der Waals surface area contributed by atoms with E-state index in [1.165, 1.54) is 43.8 Å². The summed E-state index contributed by atoms with van der Waals surface area (Å²) in [7, 11) is 0. The summed E-state index contributed by atoms with van der Waals surface area (Å²) < 4.78 is 0.